The first-order chi connectivity index (χ1) is 16.4. The molecular formula is C26H53NO7. The molecule has 204 valence electrons. The van der Waals surface area contributed by atoms with Crippen LogP contribution in [0.3, 0.4) is 0 Å². The third-order valence-electron chi connectivity index (χ3n) is 6.38. The third kappa shape index (κ3) is 16.0. The molecule has 0 aliphatic heterocycles. The lowest BCUT2D eigenvalue weighted by Crippen LogP contribution is -2.53. The summed E-state index contributed by atoms with van der Waals surface area (Å²) in [4.78, 5) is 14.2. The first-order valence-corrected chi connectivity index (χ1v) is 13.5. The van der Waals surface area contributed by atoms with Crippen molar-refractivity contribution in [1.82, 2.24) is 4.90 Å². The van der Waals surface area contributed by atoms with E-state index in [0.717, 1.165) is 19.3 Å². The van der Waals surface area contributed by atoms with Gasteiger partial charge in [0.25, 0.3) is 5.91 Å². The van der Waals surface area contributed by atoms with Crippen molar-refractivity contribution in [3.63, 3.8) is 0 Å². The van der Waals surface area contributed by atoms with Gasteiger partial charge in [-0.15, -0.1) is 0 Å². The van der Waals surface area contributed by atoms with Crippen molar-refractivity contribution in [2.45, 2.75) is 128 Å². The Morgan fingerprint density at radius 3 is 1.59 bits per heavy atom. The number of unbranched alkanes of at least 4 members (excludes halogenated alkanes) is 13. The van der Waals surface area contributed by atoms with Gasteiger partial charge in [0, 0.05) is 26.8 Å². The van der Waals surface area contributed by atoms with Crippen LogP contribution in [-0.2, 0) is 9.53 Å². The quantitative estimate of drug-likeness (QED) is 0.131. The fraction of sp³-hybridized carbons (Fsp3) is 0.962. The summed E-state index contributed by atoms with van der Waals surface area (Å²) in [6.45, 7) is 2.74. The predicted molar refractivity (Wildman–Crippen MR) is 134 cm³/mol. The molecule has 0 saturated heterocycles. The molecule has 0 saturated carbocycles. The van der Waals surface area contributed by atoms with Crippen LogP contribution >= 0.6 is 0 Å². The van der Waals surface area contributed by atoms with Gasteiger partial charge in [0.05, 0.1) is 6.61 Å². The summed E-state index contributed by atoms with van der Waals surface area (Å²) in [5.41, 5.74) is 0. The normalized spacial score (nSPS) is 15.1. The minimum Gasteiger partial charge on any atom is -0.394 e. The second-order valence-corrected chi connectivity index (χ2v) is 9.44. The molecule has 0 aromatic rings. The molecule has 0 fully saturated rings. The molecule has 34 heavy (non-hydrogen) atoms. The Kier molecular flexibility index (Phi) is 22.2. The molecule has 4 atom stereocenters. The Morgan fingerprint density at radius 2 is 1.15 bits per heavy atom. The zero-order chi connectivity index (χ0) is 25.6. The maximum atomic E-state index is 12.7. The van der Waals surface area contributed by atoms with Gasteiger partial charge in [-0.1, -0.05) is 90.4 Å². The van der Waals surface area contributed by atoms with Crippen LogP contribution in [0.5, 0.6) is 0 Å². The molecule has 0 rings (SSSR count). The summed E-state index contributed by atoms with van der Waals surface area (Å²) in [5, 5.41) is 48.4. The third-order valence-corrected chi connectivity index (χ3v) is 6.38. The van der Waals surface area contributed by atoms with Crippen molar-refractivity contribution < 1.29 is 35.1 Å². The van der Waals surface area contributed by atoms with E-state index < -0.39 is 36.9 Å². The van der Waals surface area contributed by atoms with Crippen LogP contribution in [0, 0.1) is 0 Å². The number of carbonyl (C=O) groups excluding carboxylic acids is 1. The van der Waals surface area contributed by atoms with E-state index in [1.54, 1.807) is 7.11 Å². The van der Waals surface area contributed by atoms with Crippen LogP contribution in [0.15, 0.2) is 0 Å². The average molecular weight is 492 g/mol. The Labute approximate surface area is 207 Å². The van der Waals surface area contributed by atoms with Crippen molar-refractivity contribution in [1.29, 1.82) is 0 Å². The standard InChI is InChI=1S/C26H53NO7/c1-3-4-5-6-7-8-9-10-11-12-13-14-15-16-18-27(19-17-20-34-2)26(33)25(32)24(31)23(30)22(29)21-28/h22-25,28-32H,3-21H2,1-2H3/t22-,23-,24+,25-/m1/s1. The first kappa shape index (κ1) is 33.2. The molecule has 0 bridgehead atoms. The van der Waals surface area contributed by atoms with Crippen molar-refractivity contribution in [2.24, 2.45) is 0 Å². The number of hydrogen-bond donors (Lipinski definition) is 5. The van der Waals surface area contributed by atoms with Gasteiger partial charge >= 0.3 is 0 Å². The highest BCUT2D eigenvalue weighted by Crippen LogP contribution is 2.14. The SMILES string of the molecule is CCCCCCCCCCCCCCCCN(CCCOC)C(=O)[C@H](O)[C@@H](O)[C@H](O)[C@H](O)CO. The largest absolute Gasteiger partial charge is 0.394 e. The van der Waals surface area contributed by atoms with E-state index in [1.807, 2.05) is 0 Å². The molecule has 0 aromatic carbocycles. The summed E-state index contributed by atoms with van der Waals surface area (Å²) < 4.78 is 5.04. The van der Waals surface area contributed by atoms with E-state index in [2.05, 4.69) is 6.92 Å². The fourth-order valence-electron chi connectivity index (χ4n) is 4.08. The summed E-state index contributed by atoms with van der Waals surface area (Å²) in [5.74, 6) is -0.692. The number of aliphatic hydroxyl groups is 5. The van der Waals surface area contributed by atoms with Crippen molar-refractivity contribution >= 4 is 5.91 Å². The van der Waals surface area contributed by atoms with Gasteiger partial charge in [-0.3, -0.25) is 4.79 Å². The zero-order valence-corrected chi connectivity index (χ0v) is 21.7. The first-order valence-electron chi connectivity index (χ1n) is 13.5. The number of rotatable bonds is 24. The molecule has 0 radical (unpaired) electrons. The highest BCUT2D eigenvalue weighted by atomic mass is 16.5. The van der Waals surface area contributed by atoms with Crippen LogP contribution in [0.4, 0.5) is 0 Å². The van der Waals surface area contributed by atoms with E-state index >= 15 is 0 Å². The molecule has 5 N–H and O–H groups in total. The molecule has 0 heterocycles. The number of methoxy groups -OCH3 is 1. The molecule has 0 aromatic heterocycles. The van der Waals surface area contributed by atoms with E-state index in [-0.39, 0.29) is 0 Å². The van der Waals surface area contributed by atoms with Gasteiger partial charge in [0.2, 0.25) is 0 Å². The van der Waals surface area contributed by atoms with Crippen LogP contribution < -0.4 is 0 Å². The average Bonchev–Trinajstić information content (AvgIpc) is 2.85. The lowest BCUT2D eigenvalue weighted by molar-refractivity contribution is -0.158. The molecule has 0 unspecified atom stereocenters. The second kappa shape index (κ2) is 22.7. The lowest BCUT2D eigenvalue weighted by atomic mass is 10.0. The molecule has 1 amide bonds. The molecular weight excluding hydrogens is 438 g/mol. The van der Waals surface area contributed by atoms with Crippen LogP contribution in [0.25, 0.3) is 0 Å². The van der Waals surface area contributed by atoms with Crippen LogP contribution in [-0.4, -0.2) is 94.2 Å². The maximum absolute atomic E-state index is 12.7. The monoisotopic (exact) mass is 491 g/mol. The van der Waals surface area contributed by atoms with Crippen molar-refractivity contribution in [2.75, 3.05) is 33.4 Å². The van der Waals surface area contributed by atoms with E-state index in [4.69, 9.17) is 9.84 Å². The van der Waals surface area contributed by atoms with Gasteiger partial charge in [0.1, 0.15) is 18.3 Å². The molecule has 0 spiro atoms. The number of ether oxygens (including phenoxy) is 1. The van der Waals surface area contributed by atoms with E-state index in [0.29, 0.717) is 26.1 Å². The number of aliphatic hydroxyl groups excluding tert-OH is 5. The summed E-state index contributed by atoms with van der Waals surface area (Å²) in [7, 11) is 1.57. The minimum atomic E-state index is -1.88. The number of carbonyl (C=O) groups is 1. The van der Waals surface area contributed by atoms with Gasteiger partial charge in [-0.25, -0.2) is 0 Å². The van der Waals surface area contributed by atoms with Gasteiger partial charge < -0.3 is 35.2 Å². The minimum absolute atomic E-state index is 0.369. The summed E-state index contributed by atoms with van der Waals surface area (Å²) in [6.07, 6.45) is 10.7. The number of hydrogen-bond acceptors (Lipinski definition) is 7. The van der Waals surface area contributed by atoms with Crippen LogP contribution in [0.1, 0.15) is 103 Å². The highest BCUT2D eigenvalue weighted by Gasteiger charge is 2.36. The van der Waals surface area contributed by atoms with Crippen LogP contribution in [0.2, 0.25) is 0 Å². The van der Waals surface area contributed by atoms with Crippen molar-refractivity contribution in [3.8, 4) is 0 Å². The molecule has 8 nitrogen and oxygen atoms in total. The molecule has 0 aliphatic carbocycles. The molecule has 0 aliphatic rings. The fourth-order valence-corrected chi connectivity index (χ4v) is 4.08. The zero-order valence-electron chi connectivity index (χ0n) is 21.7. The smallest absolute Gasteiger partial charge is 0.254 e. The van der Waals surface area contributed by atoms with Gasteiger partial charge in [-0.05, 0) is 12.8 Å². The Morgan fingerprint density at radius 1 is 0.706 bits per heavy atom. The van der Waals surface area contributed by atoms with E-state index in [9.17, 15) is 25.2 Å². The Bertz CT molecular complexity index is 466. The predicted octanol–water partition coefficient (Wildman–Crippen LogP) is 2.77. The van der Waals surface area contributed by atoms with Gasteiger partial charge in [0.15, 0.2) is 6.10 Å². The lowest BCUT2D eigenvalue weighted by Gasteiger charge is -2.30. The Hall–Kier alpha value is -0.770. The number of nitrogens with zero attached hydrogens (tertiary/aromatic N) is 1. The maximum Gasteiger partial charge on any atom is 0.254 e. The number of amides is 1. The summed E-state index contributed by atoms with van der Waals surface area (Å²) >= 11 is 0. The topological polar surface area (TPSA) is 131 Å². The van der Waals surface area contributed by atoms with Crippen molar-refractivity contribution in [3.05, 3.63) is 0 Å². The van der Waals surface area contributed by atoms with Gasteiger partial charge in [-0.2, -0.15) is 0 Å². The molecule has 8 heteroatoms. The van der Waals surface area contributed by atoms with E-state index in [1.165, 1.54) is 75.5 Å². The Balaban J connectivity index is 4.14. The second-order valence-electron chi connectivity index (χ2n) is 9.44. The summed E-state index contributed by atoms with van der Waals surface area (Å²) in [6, 6.07) is 0. The highest BCUT2D eigenvalue weighted by molar-refractivity contribution is 5.81.